The zero-order valence-electron chi connectivity index (χ0n) is 15.8. The van der Waals surface area contributed by atoms with E-state index < -0.39 is 0 Å². The first kappa shape index (κ1) is 17.7. The van der Waals surface area contributed by atoms with Crippen LogP contribution in [0.5, 0.6) is 0 Å². The normalized spacial score (nSPS) is 18.5. The Morgan fingerprint density at radius 2 is 1.55 bits per heavy atom. The van der Waals surface area contributed by atoms with Crippen LogP contribution in [0.15, 0.2) is 83.8 Å². The first-order valence-corrected chi connectivity index (χ1v) is 9.74. The molecule has 5 rings (SSSR count). The second kappa shape index (κ2) is 7.22. The molecule has 1 atom stereocenters. The minimum Gasteiger partial charge on any atom is -0.375 e. The van der Waals surface area contributed by atoms with Gasteiger partial charge < -0.3 is 9.64 Å². The number of carbonyl (C=O) groups excluding carboxylic acids is 1. The van der Waals surface area contributed by atoms with Gasteiger partial charge in [-0.05, 0) is 11.1 Å². The SMILES string of the molecule is O=C1c2cc(=O)ccn2N(C(c2ccccc2)c2ccccc2)[C@@H]2COCCN12. The summed E-state index contributed by atoms with van der Waals surface area (Å²) in [4.78, 5) is 27.0. The third kappa shape index (κ3) is 3.02. The number of aromatic nitrogens is 1. The van der Waals surface area contributed by atoms with Gasteiger partial charge in [-0.1, -0.05) is 60.7 Å². The number of benzene rings is 2. The van der Waals surface area contributed by atoms with Crippen molar-refractivity contribution in [1.29, 1.82) is 0 Å². The molecule has 146 valence electrons. The molecule has 1 amide bonds. The number of amides is 1. The smallest absolute Gasteiger partial charge is 0.274 e. The molecule has 3 aromatic rings. The number of ether oxygens (including phenoxy) is 1. The van der Waals surface area contributed by atoms with E-state index in [1.165, 1.54) is 12.1 Å². The van der Waals surface area contributed by atoms with Gasteiger partial charge in [0, 0.05) is 24.9 Å². The molecule has 2 aliphatic rings. The van der Waals surface area contributed by atoms with Crippen LogP contribution in [0.2, 0.25) is 0 Å². The summed E-state index contributed by atoms with van der Waals surface area (Å²) < 4.78 is 7.59. The van der Waals surface area contributed by atoms with Gasteiger partial charge in [-0.2, -0.15) is 0 Å². The molecule has 0 unspecified atom stereocenters. The number of nitrogens with zero attached hydrogens (tertiary/aromatic N) is 3. The van der Waals surface area contributed by atoms with Gasteiger partial charge in [0.25, 0.3) is 5.91 Å². The van der Waals surface area contributed by atoms with Crippen molar-refractivity contribution in [3.8, 4) is 0 Å². The first-order valence-electron chi connectivity index (χ1n) is 9.74. The van der Waals surface area contributed by atoms with Gasteiger partial charge in [0.2, 0.25) is 0 Å². The topological polar surface area (TPSA) is 54.8 Å². The lowest BCUT2D eigenvalue weighted by atomic mass is 9.97. The molecule has 0 radical (unpaired) electrons. The Labute approximate surface area is 168 Å². The predicted octanol–water partition coefficient (Wildman–Crippen LogP) is 2.39. The Balaban J connectivity index is 1.75. The maximum Gasteiger partial charge on any atom is 0.274 e. The molecule has 1 saturated heterocycles. The van der Waals surface area contributed by atoms with Crippen LogP contribution in [0.25, 0.3) is 0 Å². The summed E-state index contributed by atoms with van der Waals surface area (Å²) in [6, 6.07) is 23.2. The number of pyridine rings is 1. The maximum absolute atomic E-state index is 13.1. The number of fused-ring (bicyclic) bond motifs is 2. The standard InChI is InChI=1S/C23H21N3O3/c27-19-11-12-25-20(15-19)23(28)24-13-14-29-16-21(24)26(25)22(17-7-3-1-4-8-17)18-9-5-2-6-10-18/h1-12,15,21-22H,13-14,16H2/t21-/m1/s1. The molecule has 6 nitrogen and oxygen atoms in total. The number of hydrogen-bond acceptors (Lipinski definition) is 4. The largest absolute Gasteiger partial charge is 0.375 e. The van der Waals surface area contributed by atoms with E-state index in [4.69, 9.17) is 4.74 Å². The number of morpholine rings is 1. The van der Waals surface area contributed by atoms with Gasteiger partial charge in [-0.15, -0.1) is 0 Å². The number of hydrogen-bond donors (Lipinski definition) is 0. The fraction of sp³-hybridized carbons (Fsp3) is 0.217. The molecule has 1 aromatic heterocycles. The van der Waals surface area contributed by atoms with E-state index in [1.54, 1.807) is 6.20 Å². The third-order valence-electron chi connectivity index (χ3n) is 5.54. The zero-order valence-corrected chi connectivity index (χ0v) is 15.8. The minimum absolute atomic E-state index is 0.132. The van der Waals surface area contributed by atoms with Crippen molar-refractivity contribution in [1.82, 2.24) is 9.58 Å². The molecule has 6 heteroatoms. The summed E-state index contributed by atoms with van der Waals surface area (Å²) in [5.41, 5.74) is 2.41. The van der Waals surface area contributed by atoms with Crippen LogP contribution in [0.4, 0.5) is 0 Å². The molecular formula is C23H21N3O3. The highest BCUT2D eigenvalue weighted by Gasteiger charge is 2.42. The predicted molar refractivity (Wildman–Crippen MR) is 109 cm³/mol. The van der Waals surface area contributed by atoms with Crippen LogP contribution >= 0.6 is 0 Å². The van der Waals surface area contributed by atoms with Gasteiger partial charge in [0.15, 0.2) is 5.43 Å². The van der Waals surface area contributed by atoms with Crippen LogP contribution in [0, 0.1) is 0 Å². The molecule has 3 heterocycles. The van der Waals surface area contributed by atoms with Crippen molar-refractivity contribution in [2.45, 2.75) is 12.2 Å². The minimum atomic E-state index is -0.267. The van der Waals surface area contributed by atoms with Gasteiger partial charge in [0.1, 0.15) is 11.9 Å². The number of carbonyl (C=O) groups is 1. The Hall–Kier alpha value is -3.38. The summed E-state index contributed by atoms with van der Waals surface area (Å²) in [6.45, 7) is 1.40. The van der Waals surface area contributed by atoms with Crippen LogP contribution in [-0.2, 0) is 4.74 Å². The fourth-order valence-electron chi connectivity index (χ4n) is 4.24. The monoisotopic (exact) mass is 387 g/mol. The average molecular weight is 387 g/mol. The molecule has 0 bridgehead atoms. The summed E-state index contributed by atoms with van der Waals surface area (Å²) in [5.74, 6) is -0.132. The average Bonchev–Trinajstić information content (AvgIpc) is 2.78. The second-order valence-corrected chi connectivity index (χ2v) is 7.25. The molecular weight excluding hydrogens is 366 g/mol. The van der Waals surface area contributed by atoms with E-state index in [-0.39, 0.29) is 23.5 Å². The van der Waals surface area contributed by atoms with Crippen LogP contribution < -0.4 is 10.4 Å². The van der Waals surface area contributed by atoms with Crippen molar-refractivity contribution >= 4 is 5.91 Å². The lowest BCUT2D eigenvalue weighted by Crippen LogP contribution is -2.66. The summed E-state index contributed by atoms with van der Waals surface area (Å²) in [5, 5.41) is 2.15. The lowest BCUT2D eigenvalue weighted by molar-refractivity contribution is -0.0193. The van der Waals surface area contributed by atoms with Crippen molar-refractivity contribution in [3.63, 3.8) is 0 Å². The highest BCUT2D eigenvalue weighted by molar-refractivity contribution is 5.94. The summed E-state index contributed by atoms with van der Waals surface area (Å²) in [7, 11) is 0. The quantitative estimate of drug-likeness (QED) is 0.693. The molecule has 2 aliphatic heterocycles. The zero-order chi connectivity index (χ0) is 19.8. The van der Waals surface area contributed by atoms with Crippen LogP contribution in [0.1, 0.15) is 27.7 Å². The van der Waals surface area contributed by atoms with Crippen LogP contribution in [-0.4, -0.2) is 41.4 Å². The molecule has 0 N–H and O–H groups in total. The highest BCUT2D eigenvalue weighted by Crippen LogP contribution is 2.33. The molecule has 0 aliphatic carbocycles. The Morgan fingerprint density at radius 1 is 0.897 bits per heavy atom. The Morgan fingerprint density at radius 3 is 2.21 bits per heavy atom. The van der Waals surface area contributed by atoms with E-state index >= 15 is 0 Å². The molecule has 0 saturated carbocycles. The van der Waals surface area contributed by atoms with Gasteiger partial charge in [-0.3, -0.25) is 19.3 Å². The van der Waals surface area contributed by atoms with Crippen molar-refractivity contribution < 1.29 is 9.53 Å². The first-order chi connectivity index (χ1) is 14.2. The third-order valence-corrected chi connectivity index (χ3v) is 5.54. The van der Waals surface area contributed by atoms with Crippen molar-refractivity contribution in [3.05, 3.63) is 106 Å². The fourth-order valence-corrected chi connectivity index (χ4v) is 4.24. The summed E-state index contributed by atoms with van der Waals surface area (Å²) >= 11 is 0. The second-order valence-electron chi connectivity index (χ2n) is 7.25. The van der Waals surface area contributed by atoms with Crippen molar-refractivity contribution in [2.75, 3.05) is 24.8 Å². The van der Waals surface area contributed by atoms with Gasteiger partial charge >= 0.3 is 0 Å². The van der Waals surface area contributed by atoms with Gasteiger partial charge in [-0.25, -0.2) is 0 Å². The Kier molecular flexibility index (Phi) is 4.41. The summed E-state index contributed by atoms with van der Waals surface area (Å²) in [6.07, 6.45) is 1.43. The molecule has 1 fully saturated rings. The van der Waals surface area contributed by atoms with E-state index in [0.29, 0.717) is 25.5 Å². The van der Waals surface area contributed by atoms with E-state index in [2.05, 4.69) is 29.3 Å². The Bertz CT molecular complexity index is 1040. The maximum atomic E-state index is 13.1. The van der Waals surface area contributed by atoms with E-state index in [1.807, 2.05) is 46.0 Å². The van der Waals surface area contributed by atoms with E-state index in [9.17, 15) is 9.59 Å². The van der Waals surface area contributed by atoms with Crippen molar-refractivity contribution in [2.24, 2.45) is 0 Å². The molecule has 29 heavy (non-hydrogen) atoms. The molecule has 2 aromatic carbocycles. The lowest BCUT2D eigenvalue weighted by Gasteiger charge is -2.51. The van der Waals surface area contributed by atoms with E-state index in [0.717, 1.165) is 11.1 Å². The highest BCUT2D eigenvalue weighted by atomic mass is 16.5. The van der Waals surface area contributed by atoms with Gasteiger partial charge in [0.05, 0.1) is 19.3 Å². The van der Waals surface area contributed by atoms with Crippen LogP contribution in [0.3, 0.4) is 0 Å². The molecule has 0 spiro atoms. The number of rotatable bonds is 3.